The second kappa shape index (κ2) is 5.52. The van der Waals surface area contributed by atoms with Crippen LogP contribution in [0.25, 0.3) is 0 Å². The molecule has 1 N–H and O–H groups in total. The maximum absolute atomic E-state index is 12.7. The average molecular weight is 270 g/mol. The normalized spacial score (nSPS) is 12.4. The summed E-state index contributed by atoms with van der Waals surface area (Å²) < 4.78 is 38.0. The van der Waals surface area contributed by atoms with Crippen LogP contribution in [0.1, 0.15) is 12.5 Å². The lowest BCUT2D eigenvalue weighted by Gasteiger charge is -2.14. The van der Waals surface area contributed by atoms with Crippen molar-refractivity contribution in [3.63, 3.8) is 0 Å². The maximum atomic E-state index is 12.7. The second-order valence-corrected chi connectivity index (χ2v) is 3.71. The Morgan fingerprint density at radius 2 is 1.89 bits per heavy atom. The summed E-state index contributed by atoms with van der Waals surface area (Å²) in [6.07, 6.45) is -4.64. The van der Waals surface area contributed by atoms with E-state index in [1.807, 2.05) is 5.32 Å². The van der Waals surface area contributed by atoms with Crippen LogP contribution in [0.2, 0.25) is 0 Å². The molecule has 0 aliphatic carbocycles. The molecule has 0 saturated carbocycles. The summed E-state index contributed by atoms with van der Waals surface area (Å²) in [4.78, 5) is 22.5. The maximum Gasteiger partial charge on any atom is 0.418 e. The lowest BCUT2D eigenvalue weighted by Crippen LogP contribution is -2.28. The van der Waals surface area contributed by atoms with Gasteiger partial charge in [0.1, 0.15) is 0 Å². The van der Waals surface area contributed by atoms with E-state index in [1.54, 1.807) is 0 Å². The van der Waals surface area contributed by atoms with Crippen molar-refractivity contribution >= 4 is 17.4 Å². The molecule has 7 heteroatoms. The van der Waals surface area contributed by atoms with E-state index in [2.05, 4.69) is 0 Å². The van der Waals surface area contributed by atoms with Crippen LogP contribution in [0.5, 0.6) is 0 Å². The highest BCUT2D eigenvalue weighted by Gasteiger charge is 2.34. The molecular formula is C12H9F3N2O2. The number of alkyl halides is 3. The monoisotopic (exact) mass is 270 g/mol. The molecule has 0 aliphatic rings. The van der Waals surface area contributed by atoms with Gasteiger partial charge in [-0.3, -0.25) is 9.59 Å². The lowest BCUT2D eigenvalue weighted by molar-refractivity contribution is -0.137. The third kappa shape index (κ3) is 3.55. The van der Waals surface area contributed by atoms with E-state index < -0.39 is 35.0 Å². The molecule has 0 spiro atoms. The zero-order chi connectivity index (χ0) is 14.6. The van der Waals surface area contributed by atoms with Crippen LogP contribution in [-0.4, -0.2) is 11.7 Å². The molecule has 19 heavy (non-hydrogen) atoms. The smallest absolute Gasteiger partial charge is 0.324 e. The van der Waals surface area contributed by atoms with Crippen molar-refractivity contribution in [2.75, 3.05) is 5.32 Å². The minimum atomic E-state index is -4.64. The van der Waals surface area contributed by atoms with Gasteiger partial charge < -0.3 is 5.32 Å². The highest BCUT2D eigenvalue weighted by molar-refractivity contribution is 6.08. The molecule has 1 atom stereocenters. The van der Waals surface area contributed by atoms with Gasteiger partial charge in [0.15, 0.2) is 11.7 Å². The molecule has 1 amide bonds. The van der Waals surface area contributed by atoms with Crippen molar-refractivity contribution in [3.8, 4) is 6.07 Å². The number of nitrogens with one attached hydrogen (secondary N) is 1. The number of carbonyl (C=O) groups is 2. The van der Waals surface area contributed by atoms with Gasteiger partial charge in [-0.05, 0) is 19.1 Å². The topological polar surface area (TPSA) is 70.0 Å². The van der Waals surface area contributed by atoms with Gasteiger partial charge in [-0.1, -0.05) is 12.1 Å². The molecule has 0 aliphatic heterocycles. The summed E-state index contributed by atoms with van der Waals surface area (Å²) in [5.41, 5.74) is -1.52. The third-order valence-corrected chi connectivity index (χ3v) is 2.29. The predicted octanol–water partition coefficient (Wildman–Crippen LogP) is 2.37. The first-order valence-corrected chi connectivity index (χ1v) is 5.14. The van der Waals surface area contributed by atoms with Crippen LogP contribution in [-0.2, 0) is 15.8 Å². The van der Waals surface area contributed by atoms with Crippen LogP contribution in [0, 0.1) is 17.2 Å². The summed E-state index contributed by atoms with van der Waals surface area (Å²) in [6.45, 7) is 1.02. The van der Waals surface area contributed by atoms with Crippen LogP contribution >= 0.6 is 0 Å². The average Bonchev–Trinajstić information content (AvgIpc) is 2.28. The molecular weight excluding hydrogens is 261 g/mol. The van der Waals surface area contributed by atoms with E-state index in [9.17, 15) is 22.8 Å². The summed E-state index contributed by atoms with van der Waals surface area (Å²) in [5, 5.41) is 10.6. The number of ketones is 1. The van der Waals surface area contributed by atoms with E-state index in [4.69, 9.17) is 5.26 Å². The number of benzene rings is 1. The van der Waals surface area contributed by atoms with Gasteiger partial charge in [-0.2, -0.15) is 18.4 Å². The summed E-state index contributed by atoms with van der Waals surface area (Å²) in [5.74, 6) is -3.43. The zero-order valence-electron chi connectivity index (χ0n) is 9.78. The van der Waals surface area contributed by atoms with Crippen molar-refractivity contribution < 1.29 is 22.8 Å². The number of carbonyl (C=O) groups excluding carboxylic acids is 2. The molecule has 1 aromatic carbocycles. The minimum absolute atomic E-state index is 0.485. The molecule has 1 unspecified atom stereocenters. The highest BCUT2D eigenvalue weighted by atomic mass is 19.4. The van der Waals surface area contributed by atoms with Crippen molar-refractivity contribution in [3.05, 3.63) is 29.8 Å². The van der Waals surface area contributed by atoms with E-state index in [0.717, 1.165) is 19.1 Å². The first-order chi connectivity index (χ1) is 8.77. The Labute approximate surface area is 106 Å². The zero-order valence-corrected chi connectivity index (χ0v) is 9.78. The summed E-state index contributed by atoms with van der Waals surface area (Å²) >= 11 is 0. The molecule has 1 aromatic rings. The van der Waals surface area contributed by atoms with Gasteiger partial charge in [-0.15, -0.1) is 0 Å². The van der Waals surface area contributed by atoms with Gasteiger partial charge in [0.25, 0.3) is 0 Å². The van der Waals surface area contributed by atoms with Crippen molar-refractivity contribution in [1.82, 2.24) is 0 Å². The molecule has 0 heterocycles. The molecule has 0 radical (unpaired) electrons. The lowest BCUT2D eigenvalue weighted by atomic mass is 10.1. The Bertz CT molecular complexity index is 547. The number of para-hydroxylation sites is 1. The Balaban J connectivity index is 3.05. The van der Waals surface area contributed by atoms with Crippen LogP contribution in [0.3, 0.4) is 0 Å². The van der Waals surface area contributed by atoms with Crippen molar-refractivity contribution in [2.45, 2.75) is 13.1 Å². The Morgan fingerprint density at radius 3 is 2.37 bits per heavy atom. The number of rotatable bonds is 3. The van der Waals surface area contributed by atoms with Gasteiger partial charge >= 0.3 is 6.18 Å². The van der Waals surface area contributed by atoms with Crippen LogP contribution < -0.4 is 5.32 Å². The van der Waals surface area contributed by atoms with Crippen molar-refractivity contribution in [2.24, 2.45) is 5.92 Å². The van der Waals surface area contributed by atoms with E-state index >= 15 is 0 Å². The number of nitriles is 1. The molecule has 4 nitrogen and oxygen atoms in total. The fourth-order valence-electron chi connectivity index (χ4n) is 1.38. The van der Waals surface area contributed by atoms with E-state index in [-0.39, 0.29) is 0 Å². The fraction of sp³-hybridized carbons (Fsp3) is 0.250. The fourth-order valence-corrected chi connectivity index (χ4v) is 1.38. The third-order valence-electron chi connectivity index (χ3n) is 2.29. The van der Waals surface area contributed by atoms with Gasteiger partial charge in [-0.25, -0.2) is 0 Å². The Kier molecular flexibility index (Phi) is 4.27. The molecule has 0 saturated heterocycles. The largest absolute Gasteiger partial charge is 0.418 e. The Hall–Kier alpha value is -2.36. The molecule has 0 aromatic heterocycles. The molecule has 0 fully saturated rings. The number of halogens is 3. The SMILES string of the molecule is CC(=O)C(C#N)C(=O)Nc1ccccc1C(F)(F)F. The van der Waals surface area contributed by atoms with Gasteiger partial charge in [0, 0.05) is 0 Å². The van der Waals surface area contributed by atoms with Gasteiger partial charge in [0.2, 0.25) is 5.91 Å². The van der Waals surface area contributed by atoms with Crippen LogP contribution in [0.4, 0.5) is 18.9 Å². The Morgan fingerprint density at radius 1 is 1.32 bits per heavy atom. The quantitative estimate of drug-likeness (QED) is 0.857. The number of anilines is 1. The summed E-state index contributed by atoms with van der Waals surface area (Å²) in [6, 6.07) is 5.76. The van der Waals surface area contributed by atoms with E-state index in [0.29, 0.717) is 0 Å². The number of Topliss-reactive ketones (excluding diaryl/α,β-unsaturated/α-hetero) is 1. The molecule has 0 bridgehead atoms. The van der Waals surface area contributed by atoms with E-state index in [1.165, 1.54) is 18.2 Å². The van der Waals surface area contributed by atoms with Gasteiger partial charge in [0.05, 0.1) is 17.3 Å². The first kappa shape index (κ1) is 14.7. The number of hydrogen-bond acceptors (Lipinski definition) is 3. The second-order valence-electron chi connectivity index (χ2n) is 3.71. The van der Waals surface area contributed by atoms with Crippen molar-refractivity contribution in [1.29, 1.82) is 5.26 Å². The predicted molar refractivity (Wildman–Crippen MR) is 59.9 cm³/mol. The standard InChI is InChI=1S/C12H9F3N2O2/c1-7(18)8(6-16)11(19)17-10-5-3-2-4-9(10)12(13,14)15/h2-5,8H,1H3,(H,17,19). The first-order valence-electron chi connectivity index (χ1n) is 5.14. The minimum Gasteiger partial charge on any atom is -0.324 e. The molecule has 100 valence electrons. The number of nitrogens with zero attached hydrogens (tertiary/aromatic N) is 1. The number of amides is 1. The van der Waals surface area contributed by atoms with Crippen LogP contribution in [0.15, 0.2) is 24.3 Å². The number of hydrogen-bond donors (Lipinski definition) is 1. The molecule has 1 rings (SSSR count). The summed E-state index contributed by atoms with van der Waals surface area (Å²) in [7, 11) is 0. The highest BCUT2D eigenvalue weighted by Crippen LogP contribution is 2.34.